The fourth-order valence-electron chi connectivity index (χ4n) is 0. The average Bonchev–Trinajstić information content (AvgIpc) is 1.36. The van der Waals surface area contributed by atoms with Gasteiger partial charge in [0.15, 0.2) is 0 Å². The number of rotatable bonds is 0. The molecule has 0 spiro atoms. The van der Waals surface area contributed by atoms with Crippen LogP contribution < -0.4 is 0 Å². The lowest BCUT2D eigenvalue weighted by atomic mass is 11.1. The third-order valence-electron chi connectivity index (χ3n) is 0.338. The number of hydrogen-bond donors (Lipinski definition) is 0. The summed E-state index contributed by atoms with van der Waals surface area (Å²) in [5.74, 6) is 0. The van der Waals surface area contributed by atoms with Crippen LogP contribution in [0.5, 0.6) is 0 Å². The highest BCUT2D eigenvalue weighted by Crippen LogP contribution is 1.94. The molecule has 0 aromatic rings. The normalized spacial score (nSPS) is 8.00. The Balaban J connectivity index is 3.68. The third-order valence-corrected chi connectivity index (χ3v) is 1.76. The Hall–Kier alpha value is 0.630. The van der Waals surface area contributed by atoms with Crippen LogP contribution in [-0.4, -0.2) is 22.2 Å². The maximum Gasteiger partial charge on any atom is 0.284 e. The Morgan fingerprint density at radius 1 is 1.33 bits per heavy atom. The van der Waals surface area contributed by atoms with Gasteiger partial charge >= 0.3 is 0 Å². The van der Waals surface area contributed by atoms with E-state index in [1.54, 1.807) is 0 Å². The molecule has 1 nitrogen and oxygen atoms in total. The zero-order chi connectivity index (χ0) is 5.15. The van der Waals surface area contributed by atoms with E-state index < -0.39 is 0 Å². The smallest absolute Gasteiger partial charge is 0.223 e. The van der Waals surface area contributed by atoms with E-state index in [4.69, 9.17) is 0 Å². The van der Waals surface area contributed by atoms with Gasteiger partial charge in [-0.2, -0.15) is 0 Å². The maximum absolute atomic E-state index is 3.20. The van der Waals surface area contributed by atoms with E-state index in [2.05, 4.69) is 31.9 Å². The molecule has 0 atom stereocenters. The first-order valence-corrected chi connectivity index (χ1v) is 3.08. The van der Waals surface area contributed by atoms with Crippen molar-refractivity contribution in [2.45, 2.75) is 0 Å². The molecule has 0 fully saturated rings. The Bertz CT molecular complexity index is 58.9. The summed E-state index contributed by atoms with van der Waals surface area (Å²) in [5, 5.41) is 0. The lowest BCUT2D eigenvalue weighted by Crippen LogP contribution is -1.97. The SMILES string of the molecule is C[N+](C)=C(Br)Br. The van der Waals surface area contributed by atoms with E-state index in [0.717, 1.165) is 3.53 Å². The van der Waals surface area contributed by atoms with Crippen LogP contribution in [0.4, 0.5) is 0 Å². The molecular formula is C3H6Br2N+. The van der Waals surface area contributed by atoms with E-state index in [9.17, 15) is 0 Å². The molecule has 0 heterocycles. The monoisotopic (exact) mass is 214 g/mol. The molecular weight excluding hydrogens is 210 g/mol. The molecule has 0 radical (unpaired) electrons. The van der Waals surface area contributed by atoms with Crippen molar-refractivity contribution in [2.24, 2.45) is 0 Å². The molecule has 0 aromatic carbocycles. The third kappa shape index (κ3) is 2.85. The molecule has 0 unspecified atom stereocenters. The van der Waals surface area contributed by atoms with Gasteiger partial charge in [0.05, 0.1) is 0 Å². The van der Waals surface area contributed by atoms with E-state index in [1.807, 2.05) is 18.7 Å². The molecule has 0 aliphatic rings. The fourth-order valence-corrected chi connectivity index (χ4v) is 0. The van der Waals surface area contributed by atoms with Gasteiger partial charge in [-0.15, -0.1) is 0 Å². The van der Waals surface area contributed by atoms with E-state index in [1.165, 1.54) is 0 Å². The Morgan fingerprint density at radius 2 is 1.50 bits per heavy atom. The molecule has 0 aliphatic carbocycles. The van der Waals surface area contributed by atoms with E-state index in [0.29, 0.717) is 0 Å². The summed E-state index contributed by atoms with van der Waals surface area (Å²) in [6.45, 7) is 0. The molecule has 0 N–H and O–H groups in total. The van der Waals surface area contributed by atoms with Gasteiger partial charge in [-0.25, -0.2) is 4.58 Å². The van der Waals surface area contributed by atoms with Gasteiger partial charge in [-0.05, 0) is 0 Å². The molecule has 0 saturated carbocycles. The number of halogens is 2. The zero-order valence-electron chi connectivity index (χ0n) is 3.70. The number of hydrogen-bond acceptors (Lipinski definition) is 0. The van der Waals surface area contributed by atoms with Gasteiger partial charge < -0.3 is 0 Å². The quantitative estimate of drug-likeness (QED) is 0.425. The van der Waals surface area contributed by atoms with Gasteiger partial charge in [0.25, 0.3) is 3.53 Å². The van der Waals surface area contributed by atoms with Crippen molar-refractivity contribution < 1.29 is 4.58 Å². The molecule has 3 heteroatoms. The largest absolute Gasteiger partial charge is 0.284 e. The van der Waals surface area contributed by atoms with Gasteiger partial charge in [-0.1, -0.05) is 0 Å². The minimum atomic E-state index is 0.968. The van der Waals surface area contributed by atoms with Crippen LogP contribution in [0.15, 0.2) is 0 Å². The molecule has 0 rings (SSSR count). The highest BCUT2D eigenvalue weighted by atomic mass is 79.9. The molecule has 0 bridgehead atoms. The Morgan fingerprint density at radius 3 is 1.50 bits per heavy atom. The molecule has 0 aliphatic heterocycles. The molecule has 36 valence electrons. The zero-order valence-corrected chi connectivity index (χ0v) is 6.88. The van der Waals surface area contributed by atoms with Gasteiger partial charge in [0, 0.05) is 31.9 Å². The second-order valence-corrected chi connectivity index (χ2v) is 3.70. The maximum atomic E-state index is 3.20. The summed E-state index contributed by atoms with van der Waals surface area (Å²) >= 11 is 6.40. The van der Waals surface area contributed by atoms with E-state index in [-0.39, 0.29) is 0 Å². The Kier molecular flexibility index (Phi) is 3.03. The fraction of sp³-hybridized carbons (Fsp3) is 0.667. The van der Waals surface area contributed by atoms with Crippen LogP contribution in [0.25, 0.3) is 0 Å². The van der Waals surface area contributed by atoms with Crippen LogP contribution >= 0.6 is 31.9 Å². The van der Waals surface area contributed by atoms with Crippen LogP contribution in [0, 0.1) is 0 Å². The van der Waals surface area contributed by atoms with Crippen molar-refractivity contribution in [2.75, 3.05) is 14.1 Å². The summed E-state index contributed by atoms with van der Waals surface area (Å²) in [5.41, 5.74) is 0. The highest BCUT2D eigenvalue weighted by Gasteiger charge is 1.89. The van der Waals surface area contributed by atoms with Crippen molar-refractivity contribution in [1.29, 1.82) is 0 Å². The molecule has 0 aromatic heterocycles. The predicted molar refractivity (Wildman–Crippen MR) is 35.0 cm³/mol. The van der Waals surface area contributed by atoms with Crippen molar-refractivity contribution in [3.8, 4) is 0 Å². The lowest BCUT2D eigenvalue weighted by molar-refractivity contribution is -0.457. The van der Waals surface area contributed by atoms with Crippen molar-refractivity contribution in [1.82, 2.24) is 0 Å². The topological polar surface area (TPSA) is 3.01 Å². The minimum Gasteiger partial charge on any atom is -0.223 e. The first-order chi connectivity index (χ1) is 2.64. The highest BCUT2D eigenvalue weighted by molar-refractivity contribution is 9.39. The van der Waals surface area contributed by atoms with Crippen LogP contribution in [0.3, 0.4) is 0 Å². The van der Waals surface area contributed by atoms with Crippen molar-refractivity contribution >= 4 is 35.4 Å². The molecule has 0 amide bonds. The lowest BCUT2D eigenvalue weighted by Gasteiger charge is -1.78. The van der Waals surface area contributed by atoms with Crippen molar-refractivity contribution in [3.05, 3.63) is 0 Å². The van der Waals surface area contributed by atoms with Crippen LogP contribution in [0.1, 0.15) is 0 Å². The Labute approximate surface area is 54.3 Å². The van der Waals surface area contributed by atoms with Crippen molar-refractivity contribution in [3.63, 3.8) is 0 Å². The van der Waals surface area contributed by atoms with Crippen LogP contribution in [0.2, 0.25) is 0 Å². The molecule has 0 saturated heterocycles. The minimum absolute atomic E-state index is 0.968. The first kappa shape index (κ1) is 6.63. The van der Waals surface area contributed by atoms with Gasteiger partial charge in [-0.3, -0.25) is 0 Å². The summed E-state index contributed by atoms with van der Waals surface area (Å²) in [6, 6.07) is 0. The number of nitrogens with zero attached hydrogens (tertiary/aromatic N) is 1. The van der Waals surface area contributed by atoms with E-state index >= 15 is 0 Å². The van der Waals surface area contributed by atoms with Gasteiger partial charge in [0.2, 0.25) is 0 Å². The second-order valence-electron chi connectivity index (χ2n) is 1.13. The predicted octanol–water partition coefficient (Wildman–Crippen LogP) is 1.40. The summed E-state index contributed by atoms with van der Waals surface area (Å²) in [4.78, 5) is 0. The second kappa shape index (κ2) is 2.75. The first-order valence-electron chi connectivity index (χ1n) is 1.50. The van der Waals surface area contributed by atoms with Crippen LogP contribution in [-0.2, 0) is 0 Å². The summed E-state index contributed by atoms with van der Waals surface area (Å²) in [6.07, 6.45) is 0. The summed E-state index contributed by atoms with van der Waals surface area (Å²) in [7, 11) is 3.89. The standard InChI is InChI=1S/C3H6Br2N/c1-6(2)3(4)5/h1-2H3/q+1. The van der Waals surface area contributed by atoms with Gasteiger partial charge in [0.1, 0.15) is 14.1 Å². The molecule has 6 heavy (non-hydrogen) atoms. The average molecular weight is 216 g/mol. The summed E-state index contributed by atoms with van der Waals surface area (Å²) < 4.78 is 2.88.